The molecule has 0 saturated heterocycles. The van der Waals surface area contributed by atoms with E-state index in [4.69, 9.17) is 0 Å². The minimum Gasteiger partial charge on any atom is -0.261 e. The number of rotatable bonds is 3. The number of nitrogens with zero attached hydrogens (tertiary/aromatic N) is 1. The molecule has 72 valence electrons. The lowest BCUT2D eigenvalue weighted by Crippen LogP contribution is -1.98. The van der Waals surface area contributed by atoms with Crippen LogP contribution in [0.2, 0.25) is 0 Å². The van der Waals surface area contributed by atoms with E-state index in [1.54, 1.807) is 6.20 Å². The Morgan fingerprint density at radius 3 is 2.54 bits per heavy atom. The van der Waals surface area contributed by atoms with Gasteiger partial charge in [0, 0.05) is 17.5 Å². The Morgan fingerprint density at radius 1 is 1.38 bits per heavy atom. The molecule has 1 heterocycles. The highest BCUT2D eigenvalue weighted by Gasteiger charge is 2.05. The topological polar surface area (TPSA) is 12.9 Å². The predicted octanol–water partition coefficient (Wildman–Crippen LogP) is 3.24. The monoisotopic (exact) mass is 181 g/mol. The molecular weight excluding hydrogens is 165 g/mol. The van der Waals surface area contributed by atoms with Gasteiger partial charge in [-0.3, -0.25) is 4.98 Å². The van der Waals surface area contributed by atoms with Crippen LogP contribution in [0.3, 0.4) is 0 Å². The maximum Gasteiger partial charge on any atom is 0.116 e. The summed E-state index contributed by atoms with van der Waals surface area (Å²) in [6.45, 7) is 5.82. The van der Waals surface area contributed by atoms with Gasteiger partial charge < -0.3 is 0 Å². The Bertz CT molecular complexity index is 281. The molecule has 0 amide bonds. The fourth-order valence-corrected chi connectivity index (χ4v) is 1.31. The van der Waals surface area contributed by atoms with Crippen molar-refractivity contribution < 1.29 is 4.39 Å². The van der Waals surface area contributed by atoms with Gasteiger partial charge in [0.1, 0.15) is 6.67 Å². The highest BCUT2D eigenvalue weighted by atomic mass is 19.1. The van der Waals surface area contributed by atoms with Crippen molar-refractivity contribution in [2.75, 3.05) is 0 Å². The van der Waals surface area contributed by atoms with Crippen LogP contribution in [0.1, 0.15) is 43.5 Å². The Morgan fingerprint density at radius 2 is 2.08 bits per heavy atom. The first kappa shape index (κ1) is 10.2. The molecule has 0 atom stereocenters. The summed E-state index contributed by atoms with van der Waals surface area (Å²) >= 11 is 0. The van der Waals surface area contributed by atoms with Crippen LogP contribution in [0, 0.1) is 0 Å². The van der Waals surface area contributed by atoms with Crippen LogP contribution < -0.4 is 0 Å². The van der Waals surface area contributed by atoms with Crippen LogP contribution in [0.15, 0.2) is 12.3 Å². The van der Waals surface area contributed by atoms with Gasteiger partial charge >= 0.3 is 0 Å². The van der Waals surface area contributed by atoms with E-state index in [1.807, 2.05) is 13.0 Å². The van der Waals surface area contributed by atoms with E-state index < -0.39 is 6.67 Å². The van der Waals surface area contributed by atoms with Crippen molar-refractivity contribution in [1.82, 2.24) is 4.98 Å². The zero-order chi connectivity index (χ0) is 9.84. The molecule has 2 heteroatoms. The minimum atomic E-state index is -0.408. The smallest absolute Gasteiger partial charge is 0.116 e. The van der Waals surface area contributed by atoms with Gasteiger partial charge in [0.2, 0.25) is 0 Å². The molecule has 1 aromatic rings. The number of alkyl halides is 1. The maximum absolute atomic E-state index is 12.5. The van der Waals surface area contributed by atoms with Crippen molar-refractivity contribution in [3.8, 4) is 0 Å². The molecule has 0 spiro atoms. The summed E-state index contributed by atoms with van der Waals surface area (Å²) in [4.78, 5) is 4.22. The molecule has 1 aromatic heterocycles. The summed E-state index contributed by atoms with van der Waals surface area (Å²) in [6, 6.07) is 2.01. The lowest BCUT2D eigenvalue weighted by molar-refractivity contribution is 0.481. The van der Waals surface area contributed by atoms with Crippen LogP contribution in [0.25, 0.3) is 0 Å². The highest BCUT2D eigenvalue weighted by molar-refractivity contribution is 5.27. The first-order valence-electron chi connectivity index (χ1n) is 4.72. The molecule has 1 rings (SSSR count). The molecule has 0 fully saturated rings. The van der Waals surface area contributed by atoms with Gasteiger partial charge in [-0.25, -0.2) is 4.39 Å². The molecule has 1 nitrogen and oxygen atoms in total. The van der Waals surface area contributed by atoms with E-state index in [0.29, 0.717) is 5.92 Å². The second-order valence-electron chi connectivity index (χ2n) is 3.52. The third-order valence-electron chi connectivity index (χ3n) is 2.22. The highest BCUT2D eigenvalue weighted by Crippen LogP contribution is 2.17. The molecular formula is C11H16FN. The van der Waals surface area contributed by atoms with E-state index in [1.165, 1.54) is 0 Å². The molecule has 0 aliphatic rings. The number of aromatic nitrogens is 1. The third kappa shape index (κ3) is 2.27. The molecule has 0 N–H and O–H groups in total. The molecule has 0 radical (unpaired) electrons. The van der Waals surface area contributed by atoms with Crippen LogP contribution in [0.4, 0.5) is 4.39 Å². The Balaban J connectivity index is 3.05. The van der Waals surface area contributed by atoms with Gasteiger partial charge in [0.25, 0.3) is 0 Å². The Labute approximate surface area is 79.0 Å². The second-order valence-corrected chi connectivity index (χ2v) is 3.52. The average molecular weight is 181 g/mol. The van der Waals surface area contributed by atoms with E-state index in [-0.39, 0.29) is 0 Å². The molecule has 13 heavy (non-hydrogen) atoms. The van der Waals surface area contributed by atoms with Crippen molar-refractivity contribution in [3.05, 3.63) is 29.1 Å². The average Bonchev–Trinajstić information content (AvgIpc) is 2.16. The zero-order valence-electron chi connectivity index (χ0n) is 8.47. The van der Waals surface area contributed by atoms with Crippen LogP contribution >= 0.6 is 0 Å². The zero-order valence-corrected chi connectivity index (χ0v) is 8.47. The van der Waals surface area contributed by atoms with E-state index in [0.717, 1.165) is 23.2 Å². The van der Waals surface area contributed by atoms with Crippen LogP contribution in [-0.2, 0) is 13.1 Å². The van der Waals surface area contributed by atoms with Gasteiger partial charge in [-0.05, 0) is 24.0 Å². The lowest BCUT2D eigenvalue weighted by atomic mass is 10.0. The number of halogens is 1. The summed E-state index contributed by atoms with van der Waals surface area (Å²) in [5.41, 5.74) is 2.86. The molecule has 0 unspecified atom stereocenters. The third-order valence-corrected chi connectivity index (χ3v) is 2.22. The molecule has 0 bridgehead atoms. The van der Waals surface area contributed by atoms with Crippen molar-refractivity contribution in [3.63, 3.8) is 0 Å². The molecule has 0 saturated carbocycles. The first-order chi connectivity index (χ1) is 6.19. The fourth-order valence-electron chi connectivity index (χ4n) is 1.31. The summed E-state index contributed by atoms with van der Waals surface area (Å²) < 4.78 is 12.5. The predicted molar refractivity (Wildman–Crippen MR) is 52.5 cm³/mol. The van der Waals surface area contributed by atoms with Crippen molar-refractivity contribution in [2.45, 2.75) is 39.8 Å². The summed E-state index contributed by atoms with van der Waals surface area (Å²) in [5, 5.41) is 0. The van der Waals surface area contributed by atoms with E-state index >= 15 is 0 Å². The largest absolute Gasteiger partial charge is 0.261 e. The standard InChI is InChI=1S/C11H16FN/c1-4-9-5-11(8(2)3)13-7-10(9)6-12/h5,7-8H,4,6H2,1-3H3. The quantitative estimate of drug-likeness (QED) is 0.697. The van der Waals surface area contributed by atoms with Crippen LogP contribution in [-0.4, -0.2) is 4.98 Å². The summed E-state index contributed by atoms with van der Waals surface area (Å²) in [5.74, 6) is 0.416. The SMILES string of the molecule is CCc1cc(C(C)C)ncc1CF. The van der Waals surface area contributed by atoms with E-state index in [9.17, 15) is 4.39 Å². The van der Waals surface area contributed by atoms with E-state index in [2.05, 4.69) is 18.8 Å². The van der Waals surface area contributed by atoms with Gasteiger partial charge in [0.05, 0.1) is 0 Å². The summed E-state index contributed by atoms with van der Waals surface area (Å²) in [6.07, 6.45) is 2.54. The van der Waals surface area contributed by atoms with Gasteiger partial charge in [-0.1, -0.05) is 20.8 Å². The Kier molecular flexibility index (Phi) is 3.40. The van der Waals surface area contributed by atoms with Gasteiger partial charge in [-0.15, -0.1) is 0 Å². The number of aryl methyl sites for hydroxylation is 1. The first-order valence-corrected chi connectivity index (χ1v) is 4.72. The van der Waals surface area contributed by atoms with Crippen molar-refractivity contribution >= 4 is 0 Å². The van der Waals surface area contributed by atoms with Gasteiger partial charge in [-0.2, -0.15) is 0 Å². The lowest BCUT2D eigenvalue weighted by Gasteiger charge is -2.08. The Hall–Kier alpha value is -0.920. The normalized spacial score (nSPS) is 10.8. The fraction of sp³-hybridized carbons (Fsp3) is 0.545. The molecule has 0 aliphatic carbocycles. The summed E-state index contributed by atoms with van der Waals surface area (Å²) in [7, 11) is 0. The van der Waals surface area contributed by atoms with Crippen LogP contribution in [0.5, 0.6) is 0 Å². The number of pyridine rings is 1. The number of hydrogen-bond acceptors (Lipinski definition) is 1. The minimum absolute atomic E-state index is 0.408. The second kappa shape index (κ2) is 4.35. The maximum atomic E-state index is 12.5. The van der Waals surface area contributed by atoms with Gasteiger partial charge in [0.15, 0.2) is 0 Å². The number of hydrogen-bond donors (Lipinski definition) is 0. The van der Waals surface area contributed by atoms with Crippen molar-refractivity contribution in [2.24, 2.45) is 0 Å². The molecule has 0 aliphatic heterocycles. The van der Waals surface area contributed by atoms with Crippen molar-refractivity contribution in [1.29, 1.82) is 0 Å². The molecule has 0 aromatic carbocycles.